The molecule has 0 saturated carbocycles. The van der Waals surface area contributed by atoms with E-state index in [2.05, 4.69) is 15.6 Å². The molecule has 2 aromatic carbocycles. The maximum Gasteiger partial charge on any atom is 0.321 e. The van der Waals surface area contributed by atoms with Crippen LogP contribution in [0.2, 0.25) is 10.0 Å². The number of ether oxygens (including phenoxy) is 1. The van der Waals surface area contributed by atoms with Crippen molar-refractivity contribution in [3.8, 4) is 5.75 Å². The molecule has 3 amide bonds. The summed E-state index contributed by atoms with van der Waals surface area (Å²) in [5.74, 6) is 0.552. The molecule has 0 spiro atoms. The third-order valence-corrected chi connectivity index (χ3v) is 5.84. The standard InChI is InChI=1S/C21H20Cl2N4O3S/c1-27(19(28)14-4-6-16(30-2)7-5-14)11-15-12-31-21(25-15)26-20(29)24-10-13-3-8-17(22)18(23)9-13/h3-9,12H,10-11H2,1-2H3,(H2,24,25,26,29). The van der Waals surface area contributed by atoms with E-state index < -0.39 is 6.03 Å². The van der Waals surface area contributed by atoms with Crippen LogP contribution in [0.15, 0.2) is 47.8 Å². The topological polar surface area (TPSA) is 83.6 Å². The molecule has 162 valence electrons. The highest BCUT2D eigenvalue weighted by atomic mass is 35.5. The second-order valence-electron chi connectivity index (χ2n) is 6.59. The van der Waals surface area contributed by atoms with Crippen molar-refractivity contribution in [2.75, 3.05) is 19.5 Å². The lowest BCUT2D eigenvalue weighted by molar-refractivity contribution is 0.0783. The molecule has 1 aromatic heterocycles. The highest BCUT2D eigenvalue weighted by Gasteiger charge is 2.14. The predicted molar refractivity (Wildman–Crippen MR) is 123 cm³/mol. The molecule has 31 heavy (non-hydrogen) atoms. The zero-order valence-corrected chi connectivity index (χ0v) is 19.1. The molecular weight excluding hydrogens is 459 g/mol. The van der Waals surface area contributed by atoms with Crippen LogP contribution in [0.4, 0.5) is 9.93 Å². The van der Waals surface area contributed by atoms with Crippen molar-refractivity contribution in [2.45, 2.75) is 13.1 Å². The van der Waals surface area contributed by atoms with Crippen LogP contribution in [0.25, 0.3) is 0 Å². The largest absolute Gasteiger partial charge is 0.497 e. The summed E-state index contributed by atoms with van der Waals surface area (Å²) in [6, 6.07) is 11.7. The van der Waals surface area contributed by atoms with Crippen LogP contribution in [0.3, 0.4) is 0 Å². The number of amides is 3. The Hall–Kier alpha value is -2.81. The molecule has 10 heteroatoms. The first kappa shape index (κ1) is 22.9. The van der Waals surface area contributed by atoms with E-state index in [0.29, 0.717) is 45.3 Å². The minimum absolute atomic E-state index is 0.135. The summed E-state index contributed by atoms with van der Waals surface area (Å²) in [7, 11) is 3.27. The fourth-order valence-corrected chi connectivity index (χ4v) is 3.70. The predicted octanol–water partition coefficient (Wildman–Crippen LogP) is 5.05. The van der Waals surface area contributed by atoms with Gasteiger partial charge in [0.05, 0.1) is 29.4 Å². The normalized spacial score (nSPS) is 10.5. The molecule has 0 fully saturated rings. The minimum atomic E-state index is -0.394. The Labute approximate surface area is 193 Å². The van der Waals surface area contributed by atoms with E-state index in [-0.39, 0.29) is 5.91 Å². The molecular formula is C21H20Cl2N4O3S. The maximum atomic E-state index is 12.6. The Kier molecular flexibility index (Phi) is 7.73. The lowest BCUT2D eigenvalue weighted by Crippen LogP contribution is -2.28. The second-order valence-corrected chi connectivity index (χ2v) is 8.26. The van der Waals surface area contributed by atoms with Gasteiger partial charge < -0.3 is 15.0 Å². The molecule has 3 aromatic rings. The van der Waals surface area contributed by atoms with Gasteiger partial charge in [-0.2, -0.15) is 0 Å². The molecule has 1 heterocycles. The van der Waals surface area contributed by atoms with Crippen LogP contribution in [0.5, 0.6) is 5.75 Å². The number of hydrogen-bond donors (Lipinski definition) is 2. The van der Waals surface area contributed by atoms with Crippen molar-refractivity contribution in [3.05, 3.63) is 74.7 Å². The molecule has 0 unspecified atom stereocenters. The summed E-state index contributed by atoms with van der Waals surface area (Å²) in [6.45, 7) is 0.605. The van der Waals surface area contributed by atoms with Gasteiger partial charge in [0.15, 0.2) is 5.13 Å². The fraction of sp³-hybridized carbons (Fsp3) is 0.190. The Morgan fingerprint density at radius 2 is 1.87 bits per heavy atom. The first-order chi connectivity index (χ1) is 14.9. The van der Waals surface area contributed by atoms with Crippen molar-refractivity contribution in [1.82, 2.24) is 15.2 Å². The Morgan fingerprint density at radius 1 is 1.13 bits per heavy atom. The van der Waals surface area contributed by atoms with Gasteiger partial charge in [-0.25, -0.2) is 9.78 Å². The van der Waals surface area contributed by atoms with E-state index in [1.807, 2.05) is 0 Å². The highest BCUT2D eigenvalue weighted by molar-refractivity contribution is 7.13. The Balaban J connectivity index is 1.51. The lowest BCUT2D eigenvalue weighted by Gasteiger charge is -2.16. The van der Waals surface area contributed by atoms with E-state index in [1.54, 1.807) is 66.9 Å². The van der Waals surface area contributed by atoms with Crippen molar-refractivity contribution < 1.29 is 14.3 Å². The van der Waals surface area contributed by atoms with Crippen molar-refractivity contribution >= 4 is 51.6 Å². The van der Waals surface area contributed by atoms with Crippen LogP contribution in [-0.4, -0.2) is 36.0 Å². The van der Waals surface area contributed by atoms with E-state index in [0.717, 1.165) is 5.56 Å². The molecule has 0 aliphatic rings. The number of aromatic nitrogens is 1. The zero-order valence-electron chi connectivity index (χ0n) is 16.8. The summed E-state index contributed by atoms with van der Waals surface area (Å²) >= 11 is 13.1. The summed E-state index contributed by atoms with van der Waals surface area (Å²) in [5.41, 5.74) is 2.05. The van der Waals surface area contributed by atoms with Crippen LogP contribution >= 0.6 is 34.5 Å². The number of methoxy groups -OCH3 is 1. The van der Waals surface area contributed by atoms with Gasteiger partial charge in [-0.1, -0.05) is 29.3 Å². The quantitative estimate of drug-likeness (QED) is 0.497. The number of anilines is 1. The highest BCUT2D eigenvalue weighted by Crippen LogP contribution is 2.22. The molecule has 3 rings (SSSR count). The van der Waals surface area contributed by atoms with Gasteiger partial charge in [0.25, 0.3) is 5.91 Å². The van der Waals surface area contributed by atoms with E-state index in [1.165, 1.54) is 11.3 Å². The molecule has 0 aliphatic carbocycles. The van der Waals surface area contributed by atoms with Gasteiger partial charge in [0, 0.05) is 24.5 Å². The molecule has 0 aliphatic heterocycles. The summed E-state index contributed by atoms with van der Waals surface area (Å²) in [5, 5.41) is 8.54. The molecule has 0 bridgehead atoms. The number of thiazole rings is 1. The van der Waals surface area contributed by atoms with Crippen molar-refractivity contribution in [3.63, 3.8) is 0 Å². The number of hydrogen-bond acceptors (Lipinski definition) is 5. The first-order valence-electron chi connectivity index (χ1n) is 9.18. The van der Waals surface area contributed by atoms with Gasteiger partial charge in [-0.15, -0.1) is 11.3 Å². The van der Waals surface area contributed by atoms with Crippen LogP contribution < -0.4 is 15.4 Å². The average Bonchev–Trinajstić information content (AvgIpc) is 3.20. The fourth-order valence-electron chi connectivity index (χ4n) is 2.68. The van der Waals surface area contributed by atoms with Gasteiger partial charge in [-0.3, -0.25) is 10.1 Å². The number of benzene rings is 2. The SMILES string of the molecule is COc1ccc(C(=O)N(C)Cc2csc(NC(=O)NCc3ccc(Cl)c(Cl)c3)n2)cc1. The van der Waals surface area contributed by atoms with Gasteiger partial charge >= 0.3 is 6.03 Å². The van der Waals surface area contributed by atoms with Crippen molar-refractivity contribution in [1.29, 1.82) is 0 Å². The second kappa shape index (κ2) is 10.5. The van der Waals surface area contributed by atoms with E-state index >= 15 is 0 Å². The smallest absolute Gasteiger partial charge is 0.321 e. The third kappa shape index (κ3) is 6.33. The minimum Gasteiger partial charge on any atom is -0.497 e. The number of rotatable bonds is 7. The van der Waals surface area contributed by atoms with Gasteiger partial charge in [-0.05, 0) is 42.0 Å². The Morgan fingerprint density at radius 3 is 2.55 bits per heavy atom. The first-order valence-corrected chi connectivity index (χ1v) is 10.8. The van der Waals surface area contributed by atoms with Crippen LogP contribution in [0, 0.1) is 0 Å². The Bertz CT molecular complexity index is 1070. The maximum absolute atomic E-state index is 12.6. The lowest BCUT2D eigenvalue weighted by atomic mass is 10.2. The number of urea groups is 1. The molecule has 0 saturated heterocycles. The number of halogens is 2. The number of carbonyl (C=O) groups excluding carboxylic acids is 2. The monoisotopic (exact) mass is 478 g/mol. The third-order valence-electron chi connectivity index (χ3n) is 4.29. The zero-order chi connectivity index (χ0) is 22.4. The average molecular weight is 479 g/mol. The molecule has 7 nitrogen and oxygen atoms in total. The number of carbonyl (C=O) groups is 2. The molecule has 2 N–H and O–H groups in total. The van der Waals surface area contributed by atoms with Crippen LogP contribution in [0.1, 0.15) is 21.6 Å². The summed E-state index contributed by atoms with van der Waals surface area (Å²) in [4.78, 5) is 30.6. The number of nitrogens with zero attached hydrogens (tertiary/aromatic N) is 2. The van der Waals surface area contributed by atoms with Crippen molar-refractivity contribution in [2.24, 2.45) is 0 Å². The van der Waals surface area contributed by atoms with Crippen LogP contribution in [-0.2, 0) is 13.1 Å². The van der Waals surface area contributed by atoms with Gasteiger partial charge in [0.1, 0.15) is 5.75 Å². The summed E-state index contributed by atoms with van der Waals surface area (Å²) in [6.07, 6.45) is 0. The van der Waals surface area contributed by atoms with E-state index in [9.17, 15) is 9.59 Å². The molecule has 0 radical (unpaired) electrons. The van der Waals surface area contributed by atoms with E-state index in [4.69, 9.17) is 27.9 Å². The number of nitrogens with one attached hydrogen (secondary N) is 2. The van der Waals surface area contributed by atoms with Gasteiger partial charge in [0.2, 0.25) is 0 Å². The summed E-state index contributed by atoms with van der Waals surface area (Å²) < 4.78 is 5.11. The molecule has 0 atom stereocenters.